The van der Waals surface area contributed by atoms with Crippen LogP contribution in [-0.2, 0) is 16.0 Å². The van der Waals surface area contributed by atoms with Crippen molar-refractivity contribution >= 4 is 34.5 Å². The van der Waals surface area contributed by atoms with Gasteiger partial charge in [-0.2, -0.15) is 0 Å². The molecule has 1 saturated heterocycles. The second-order valence-electron chi connectivity index (χ2n) is 5.22. The monoisotopic (exact) mass is 387 g/mol. The van der Waals surface area contributed by atoms with Crippen molar-refractivity contribution in [2.45, 2.75) is 32.2 Å². The molecule has 0 bridgehead atoms. The molecular weight excluding hydrogens is 369 g/mol. The zero-order valence-electron chi connectivity index (χ0n) is 11.4. The molecule has 1 aliphatic rings. The van der Waals surface area contributed by atoms with E-state index in [2.05, 4.69) is 22.6 Å². The molecule has 2 rings (SSSR count). The van der Waals surface area contributed by atoms with Gasteiger partial charge in [0.05, 0.1) is 12.3 Å². The number of benzene rings is 1. The highest BCUT2D eigenvalue weighted by Gasteiger charge is 2.35. The molecule has 5 heteroatoms. The Labute approximate surface area is 132 Å². The molecule has 0 saturated carbocycles. The molecule has 1 N–H and O–H groups in total. The summed E-state index contributed by atoms with van der Waals surface area (Å²) in [4.78, 5) is 25.3. The lowest BCUT2D eigenvalue weighted by molar-refractivity contribution is -0.148. The summed E-state index contributed by atoms with van der Waals surface area (Å²) in [6.45, 7) is 2.50. The van der Waals surface area contributed by atoms with Gasteiger partial charge in [0.15, 0.2) is 0 Å². The van der Waals surface area contributed by atoms with Crippen LogP contribution in [0.3, 0.4) is 0 Å². The van der Waals surface area contributed by atoms with E-state index >= 15 is 0 Å². The van der Waals surface area contributed by atoms with Gasteiger partial charge in [-0.05, 0) is 60.1 Å². The molecular formula is C15H18INO3. The lowest BCUT2D eigenvalue weighted by Crippen LogP contribution is -2.49. The lowest BCUT2D eigenvalue weighted by atomic mass is 9.90. The van der Waals surface area contributed by atoms with Crippen LogP contribution in [-0.4, -0.2) is 34.5 Å². The van der Waals surface area contributed by atoms with E-state index in [1.807, 2.05) is 31.2 Å². The van der Waals surface area contributed by atoms with Crippen molar-refractivity contribution in [1.82, 2.24) is 4.90 Å². The van der Waals surface area contributed by atoms with E-state index in [1.54, 1.807) is 4.90 Å². The number of carboxylic acid groups (broad SMARTS) is 1. The van der Waals surface area contributed by atoms with Gasteiger partial charge in [0.2, 0.25) is 5.91 Å². The third kappa shape index (κ3) is 3.50. The quantitative estimate of drug-likeness (QED) is 0.812. The number of aliphatic carboxylic acids is 1. The van der Waals surface area contributed by atoms with Gasteiger partial charge in [0, 0.05) is 16.2 Å². The molecule has 108 valence electrons. The molecule has 0 unspecified atom stereocenters. The molecule has 1 heterocycles. The van der Waals surface area contributed by atoms with Crippen LogP contribution in [0.1, 0.15) is 25.3 Å². The number of carboxylic acids is 1. The maximum absolute atomic E-state index is 12.4. The summed E-state index contributed by atoms with van der Waals surface area (Å²) < 4.78 is 1.10. The third-order valence-electron chi connectivity index (χ3n) is 3.87. The smallest absolute Gasteiger partial charge is 0.308 e. The zero-order valence-corrected chi connectivity index (χ0v) is 13.5. The molecule has 0 radical (unpaired) electrons. The van der Waals surface area contributed by atoms with E-state index in [9.17, 15) is 14.7 Å². The van der Waals surface area contributed by atoms with Crippen molar-refractivity contribution in [2.24, 2.45) is 5.92 Å². The Morgan fingerprint density at radius 1 is 1.45 bits per heavy atom. The summed E-state index contributed by atoms with van der Waals surface area (Å²) in [5, 5.41) is 9.20. The van der Waals surface area contributed by atoms with Crippen molar-refractivity contribution in [1.29, 1.82) is 0 Å². The Morgan fingerprint density at radius 3 is 2.85 bits per heavy atom. The molecule has 1 amide bonds. The topological polar surface area (TPSA) is 57.6 Å². The van der Waals surface area contributed by atoms with E-state index in [0.717, 1.165) is 15.6 Å². The summed E-state index contributed by atoms with van der Waals surface area (Å²) in [5.74, 6) is -1.22. The normalized spacial score (nSPS) is 22.6. The first kappa shape index (κ1) is 15.3. The minimum atomic E-state index is -0.802. The van der Waals surface area contributed by atoms with Gasteiger partial charge in [-0.3, -0.25) is 9.59 Å². The van der Waals surface area contributed by atoms with Crippen LogP contribution in [0.4, 0.5) is 0 Å². The maximum atomic E-state index is 12.4. The number of hydrogen-bond donors (Lipinski definition) is 1. The van der Waals surface area contributed by atoms with Crippen molar-refractivity contribution in [3.05, 3.63) is 33.4 Å². The summed E-state index contributed by atoms with van der Waals surface area (Å²) in [5.41, 5.74) is 0.978. The van der Waals surface area contributed by atoms with Crippen molar-refractivity contribution in [2.75, 3.05) is 6.54 Å². The van der Waals surface area contributed by atoms with Crippen LogP contribution < -0.4 is 0 Å². The first-order valence-corrected chi connectivity index (χ1v) is 7.83. The number of carbonyl (C=O) groups excluding carboxylic acids is 1. The fraction of sp³-hybridized carbons (Fsp3) is 0.467. The van der Waals surface area contributed by atoms with Crippen LogP contribution in [0.2, 0.25) is 0 Å². The van der Waals surface area contributed by atoms with Gasteiger partial charge in [-0.25, -0.2) is 0 Å². The Bertz CT molecular complexity index is 518. The highest BCUT2D eigenvalue weighted by molar-refractivity contribution is 14.1. The average molecular weight is 387 g/mol. The van der Waals surface area contributed by atoms with Gasteiger partial charge in [0.1, 0.15) is 0 Å². The fourth-order valence-corrected chi connectivity index (χ4v) is 3.36. The molecule has 4 nitrogen and oxygen atoms in total. The van der Waals surface area contributed by atoms with Gasteiger partial charge in [0.25, 0.3) is 0 Å². The van der Waals surface area contributed by atoms with Gasteiger partial charge < -0.3 is 10.0 Å². The van der Waals surface area contributed by atoms with Gasteiger partial charge >= 0.3 is 5.97 Å². The third-order valence-corrected chi connectivity index (χ3v) is 4.54. The van der Waals surface area contributed by atoms with Crippen LogP contribution in [0, 0.1) is 9.49 Å². The Morgan fingerprint density at radius 2 is 2.20 bits per heavy atom. The molecule has 1 aromatic rings. The largest absolute Gasteiger partial charge is 0.481 e. The SMILES string of the molecule is C[C@@H]1[C@H](C(=O)O)CCCN1C(=O)Cc1cccc(I)c1. The number of piperidine rings is 1. The minimum absolute atomic E-state index is 0.0189. The molecule has 0 aliphatic carbocycles. The minimum Gasteiger partial charge on any atom is -0.481 e. The van der Waals surface area contributed by atoms with Crippen molar-refractivity contribution in [3.63, 3.8) is 0 Å². The fourth-order valence-electron chi connectivity index (χ4n) is 2.75. The van der Waals surface area contributed by atoms with Gasteiger partial charge in [-0.15, -0.1) is 0 Å². The summed E-state index contributed by atoms with van der Waals surface area (Å²) in [7, 11) is 0. The van der Waals surface area contributed by atoms with E-state index < -0.39 is 11.9 Å². The molecule has 0 aromatic heterocycles. The first-order chi connectivity index (χ1) is 9.49. The van der Waals surface area contributed by atoms with E-state index in [-0.39, 0.29) is 11.9 Å². The summed E-state index contributed by atoms with van der Waals surface area (Å²) >= 11 is 2.22. The number of amides is 1. The second kappa shape index (κ2) is 6.56. The molecule has 1 fully saturated rings. The highest BCUT2D eigenvalue weighted by Crippen LogP contribution is 2.24. The number of halogens is 1. The lowest BCUT2D eigenvalue weighted by Gasteiger charge is -2.37. The predicted molar refractivity (Wildman–Crippen MR) is 84.4 cm³/mol. The molecule has 1 aliphatic heterocycles. The number of rotatable bonds is 3. The highest BCUT2D eigenvalue weighted by atomic mass is 127. The number of carbonyl (C=O) groups is 2. The predicted octanol–water partition coefficient (Wildman–Crippen LogP) is 2.55. The Balaban J connectivity index is 2.06. The van der Waals surface area contributed by atoms with E-state index in [0.29, 0.717) is 19.4 Å². The first-order valence-electron chi connectivity index (χ1n) is 6.75. The molecule has 1 aromatic carbocycles. The Kier molecular flexibility index (Phi) is 5.01. The Hall–Kier alpha value is -1.11. The summed E-state index contributed by atoms with van der Waals surface area (Å²) in [6.07, 6.45) is 1.76. The zero-order chi connectivity index (χ0) is 14.7. The standard InChI is InChI=1S/C15H18INO3/c1-10-13(15(19)20)6-3-7-17(10)14(18)9-11-4-2-5-12(16)8-11/h2,4-5,8,10,13H,3,6-7,9H2,1H3,(H,19,20)/t10-,13-/m1/s1. The maximum Gasteiger partial charge on any atom is 0.308 e. The summed E-state index contributed by atoms with van der Waals surface area (Å²) in [6, 6.07) is 7.62. The number of nitrogens with zero attached hydrogens (tertiary/aromatic N) is 1. The average Bonchev–Trinajstić information content (AvgIpc) is 2.38. The number of hydrogen-bond acceptors (Lipinski definition) is 2. The molecule has 2 atom stereocenters. The molecule has 0 spiro atoms. The van der Waals surface area contributed by atoms with Crippen LogP contribution in [0.15, 0.2) is 24.3 Å². The number of likely N-dealkylation sites (tertiary alicyclic amines) is 1. The van der Waals surface area contributed by atoms with Crippen molar-refractivity contribution in [3.8, 4) is 0 Å². The van der Waals surface area contributed by atoms with Crippen LogP contribution >= 0.6 is 22.6 Å². The second-order valence-corrected chi connectivity index (χ2v) is 6.47. The molecule has 20 heavy (non-hydrogen) atoms. The van der Waals surface area contributed by atoms with E-state index in [1.165, 1.54) is 0 Å². The van der Waals surface area contributed by atoms with Crippen molar-refractivity contribution < 1.29 is 14.7 Å². The van der Waals surface area contributed by atoms with E-state index in [4.69, 9.17) is 0 Å². The van der Waals surface area contributed by atoms with Crippen LogP contribution in [0.5, 0.6) is 0 Å². The van der Waals surface area contributed by atoms with Gasteiger partial charge in [-0.1, -0.05) is 12.1 Å². The van der Waals surface area contributed by atoms with Crippen LogP contribution in [0.25, 0.3) is 0 Å².